The van der Waals surface area contributed by atoms with E-state index in [9.17, 15) is 25.0 Å². The zero-order valence-electron chi connectivity index (χ0n) is 19.3. The van der Waals surface area contributed by atoms with Gasteiger partial charge in [-0.3, -0.25) is 5.09 Å². The molecule has 0 amide bonds. The van der Waals surface area contributed by atoms with E-state index in [-0.39, 0.29) is 0 Å². The fourth-order valence-corrected chi connectivity index (χ4v) is 4.70. The number of ether oxygens (including phenoxy) is 2. The van der Waals surface area contributed by atoms with Gasteiger partial charge in [0.15, 0.2) is 0 Å². The van der Waals surface area contributed by atoms with Crippen LogP contribution < -0.4 is 9.82 Å². The smallest absolute Gasteiger partial charge is 0.141 e. The van der Waals surface area contributed by atoms with Crippen LogP contribution in [0.4, 0.5) is 0 Å². The fraction of sp³-hybridized carbons (Fsp3) is 0.500. The van der Waals surface area contributed by atoms with Crippen LogP contribution in [0.15, 0.2) is 42.5 Å². The third-order valence-corrected chi connectivity index (χ3v) is 7.04. The van der Waals surface area contributed by atoms with Crippen molar-refractivity contribution in [2.75, 3.05) is 33.1 Å². The maximum atomic E-state index is 11.6. The van der Waals surface area contributed by atoms with Gasteiger partial charge >= 0.3 is 0 Å². The van der Waals surface area contributed by atoms with Crippen LogP contribution in [0.25, 0.3) is 0 Å². The van der Waals surface area contributed by atoms with Gasteiger partial charge < -0.3 is 34.5 Å². The first kappa shape index (κ1) is 27.1. The summed E-state index contributed by atoms with van der Waals surface area (Å²) in [6.07, 6.45) is -4.80. The second kappa shape index (κ2) is 12.0. The summed E-state index contributed by atoms with van der Waals surface area (Å²) in [6, 6.07) is 12.8. The van der Waals surface area contributed by atoms with Crippen LogP contribution in [0.5, 0.6) is 5.75 Å². The first-order chi connectivity index (χ1) is 16.1. The molecule has 0 radical (unpaired) electrons. The van der Waals surface area contributed by atoms with Crippen molar-refractivity contribution >= 4 is 18.9 Å². The molecule has 5 atom stereocenters. The lowest BCUT2D eigenvalue weighted by molar-refractivity contribution is -0.231. The minimum absolute atomic E-state index is 0.481. The van der Waals surface area contributed by atoms with E-state index in [0.29, 0.717) is 30.2 Å². The molecule has 34 heavy (non-hydrogen) atoms. The fourth-order valence-electron chi connectivity index (χ4n) is 3.82. The Morgan fingerprint density at radius 2 is 1.76 bits per heavy atom. The molecule has 0 aliphatic carbocycles. The van der Waals surface area contributed by atoms with E-state index in [1.807, 2.05) is 24.3 Å². The molecule has 3 rings (SSSR count). The van der Waals surface area contributed by atoms with Crippen molar-refractivity contribution in [2.45, 2.75) is 43.4 Å². The lowest BCUT2D eigenvalue weighted by Gasteiger charge is -2.40. The van der Waals surface area contributed by atoms with Crippen molar-refractivity contribution < 1.29 is 34.5 Å². The van der Waals surface area contributed by atoms with Crippen LogP contribution in [0.1, 0.15) is 29.2 Å². The number of benzene rings is 2. The third kappa shape index (κ3) is 7.26. The van der Waals surface area contributed by atoms with Crippen LogP contribution in [0.2, 0.25) is 5.02 Å². The first-order valence-corrected chi connectivity index (χ1v) is 14.2. The number of aliphatic hydroxyl groups is 4. The number of halogens is 1. The van der Waals surface area contributed by atoms with Gasteiger partial charge in [0.1, 0.15) is 43.6 Å². The van der Waals surface area contributed by atoms with Gasteiger partial charge in [-0.25, -0.2) is 0 Å². The summed E-state index contributed by atoms with van der Waals surface area (Å²) < 4.78 is 23.0. The monoisotopic (exact) mass is 513 g/mol. The number of hydrogen-bond donors (Lipinski definition) is 5. The SMILES string of the molecule is CP(C)(=O)NCCCOc1ccc(Cc2cc([C@@H]3O[C@H](CO)[C@@H](O)[C@H](O)[C@H]3O)ccc2Cl)cc1. The Labute approximate surface area is 204 Å². The average molecular weight is 514 g/mol. The summed E-state index contributed by atoms with van der Waals surface area (Å²) in [5.41, 5.74) is 2.40. The molecule has 1 heterocycles. The lowest BCUT2D eigenvalue weighted by atomic mass is 9.90. The number of hydrogen-bond acceptors (Lipinski definition) is 7. The van der Waals surface area contributed by atoms with E-state index in [1.165, 1.54) is 0 Å². The van der Waals surface area contributed by atoms with Crippen molar-refractivity contribution in [2.24, 2.45) is 0 Å². The minimum Gasteiger partial charge on any atom is -0.494 e. The largest absolute Gasteiger partial charge is 0.494 e. The van der Waals surface area contributed by atoms with Gasteiger partial charge in [0.25, 0.3) is 0 Å². The molecule has 1 aliphatic rings. The van der Waals surface area contributed by atoms with Gasteiger partial charge in [0.2, 0.25) is 0 Å². The summed E-state index contributed by atoms with van der Waals surface area (Å²) in [7, 11) is -2.22. The summed E-state index contributed by atoms with van der Waals surface area (Å²) in [5, 5.41) is 43.5. The molecular formula is C24H33ClNO7P. The van der Waals surface area contributed by atoms with Crippen molar-refractivity contribution in [1.29, 1.82) is 0 Å². The van der Waals surface area contributed by atoms with Crippen LogP contribution in [-0.2, 0) is 15.7 Å². The molecule has 0 aromatic heterocycles. The normalized spacial score (nSPS) is 25.3. The van der Waals surface area contributed by atoms with E-state index in [4.69, 9.17) is 21.1 Å². The van der Waals surface area contributed by atoms with Gasteiger partial charge in [-0.15, -0.1) is 0 Å². The molecule has 10 heteroatoms. The summed E-state index contributed by atoms with van der Waals surface area (Å²) >= 11 is 6.41. The predicted molar refractivity (Wildman–Crippen MR) is 131 cm³/mol. The quantitative estimate of drug-likeness (QED) is 0.242. The van der Waals surface area contributed by atoms with Gasteiger partial charge in [-0.1, -0.05) is 35.9 Å². The van der Waals surface area contributed by atoms with Crippen LogP contribution in [0, 0.1) is 0 Å². The summed E-state index contributed by atoms with van der Waals surface area (Å²) in [5.74, 6) is 0.737. The topological polar surface area (TPSA) is 128 Å². The standard InChI is InChI=1S/C24H33ClNO7P/c1-34(2,31)26-10-3-11-32-18-7-4-15(5-8-18)12-17-13-16(6-9-19(17)25)24-23(30)22(29)21(28)20(14-27)33-24/h4-9,13,20-24,27-30H,3,10-12,14H2,1-2H3,(H,26,31)/t20-,21-,22+,23-,24+/m1/s1. The van der Waals surface area contributed by atoms with Gasteiger partial charge in [0, 0.05) is 24.9 Å². The maximum absolute atomic E-state index is 11.6. The van der Waals surface area contributed by atoms with E-state index in [2.05, 4.69) is 5.09 Å². The number of rotatable bonds is 10. The van der Waals surface area contributed by atoms with Crippen molar-refractivity contribution in [3.8, 4) is 5.75 Å². The molecule has 8 nitrogen and oxygen atoms in total. The van der Waals surface area contributed by atoms with Crippen molar-refractivity contribution in [3.05, 3.63) is 64.2 Å². The molecule has 0 spiro atoms. The Bertz CT molecular complexity index is 982. The molecular weight excluding hydrogens is 481 g/mol. The van der Waals surface area contributed by atoms with E-state index in [0.717, 1.165) is 23.3 Å². The molecule has 1 fully saturated rings. The molecule has 1 saturated heterocycles. The molecule has 2 aromatic rings. The van der Waals surface area contributed by atoms with E-state index >= 15 is 0 Å². The molecule has 0 unspecified atom stereocenters. The Balaban J connectivity index is 1.63. The zero-order valence-corrected chi connectivity index (χ0v) is 21.0. The maximum Gasteiger partial charge on any atom is 0.141 e. The van der Waals surface area contributed by atoms with Crippen molar-refractivity contribution in [1.82, 2.24) is 5.09 Å². The Morgan fingerprint density at radius 3 is 2.41 bits per heavy atom. The van der Waals surface area contributed by atoms with E-state index < -0.39 is 44.4 Å². The minimum atomic E-state index is -2.22. The van der Waals surface area contributed by atoms with E-state index in [1.54, 1.807) is 31.5 Å². The summed E-state index contributed by atoms with van der Waals surface area (Å²) in [4.78, 5) is 0. The van der Waals surface area contributed by atoms with Gasteiger partial charge in [0.05, 0.1) is 13.2 Å². The molecule has 5 N–H and O–H groups in total. The second-order valence-corrected chi connectivity index (χ2v) is 12.3. The Morgan fingerprint density at radius 1 is 1.06 bits per heavy atom. The van der Waals surface area contributed by atoms with Crippen molar-refractivity contribution in [3.63, 3.8) is 0 Å². The highest BCUT2D eigenvalue weighted by Gasteiger charge is 2.44. The average Bonchev–Trinajstić information content (AvgIpc) is 2.79. The first-order valence-electron chi connectivity index (χ1n) is 11.2. The molecule has 0 bridgehead atoms. The zero-order chi connectivity index (χ0) is 24.9. The number of aliphatic hydroxyl groups excluding tert-OH is 4. The van der Waals surface area contributed by atoms with Crippen LogP contribution in [-0.4, -0.2) is 77.9 Å². The highest BCUT2D eigenvalue weighted by atomic mass is 35.5. The molecule has 188 valence electrons. The van der Waals surface area contributed by atoms with Crippen LogP contribution >= 0.6 is 18.9 Å². The second-order valence-electron chi connectivity index (χ2n) is 8.88. The Hall–Kier alpha value is -1.48. The molecule has 0 saturated carbocycles. The number of nitrogens with one attached hydrogen (secondary N) is 1. The van der Waals surface area contributed by atoms with Gasteiger partial charge in [-0.05, 0) is 47.7 Å². The van der Waals surface area contributed by atoms with Gasteiger partial charge in [-0.2, -0.15) is 0 Å². The lowest BCUT2D eigenvalue weighted by Crippen LogP contribution is -2.55. The Kier molecular flexibility index (Phi) is 9.55. The molecule has 2 aromatic carbocycles. The highest BCUT2D eigenvalue weighted by molar-refractivity contribution is 7.60. The highest BCUT2D eigenvalue weighted by Crippen LogP contribution is 2.34. The predicted octanol–water partition coefficient (Wildman–Crippen LogP) is 2.34. The third-order valence-electron chi connectivity index (χ3n) is 5.69. The van der Waals surface area contributed by atoms with Crippen LogP contribution in [0.3, 0.4) is 0 Å². The summed E-state index contributed by atoms with van der Waals surface area (Å²) in [6.45, 7) is 4.05. The molecule has 1 aliphatic heterocycles.